The van der Waals surface area contributed by atoms with Gasteiger partial charge in [0.15, 0.2) is 0 Å². The fraction of sp³-hybridized carbons (Fsp3) is 0.308. The highest BCUT2D eigenvalue weighted by Crippen LogP contribution is 2.28. The average Bonchev–Trinajstić information content (AvgIpc) is 2.62. The van der Waals surface area contributed by atoms with Crippen LogP contribution < -0.4 is 0 Å². The second kappa shape index (κ2) is 4.36. The van der Waals surface area contributed by atoms with E-state index < -0.39 is 6.10 Å². The van der Waals surface area contributed by atoms with Gasteiger partial charge >= 0.3 is 0 Å². The van der Waals surface area contributed by atoms with Gasteiger partial charge in [0, 0.05) is 0 Å². The maximum atomic E-state index is 10.3. The molecule has 84 valence electrons. The van der Waals surface area contributed by atoms with E-state index in [0.29, 0.717) is 0 Å². The van der Waals surface area contributed by atoms with Crippen LogP contribution in [0.4, 0.5) is 0 Å². The molecule has 0 fully saturated rings. The summed E-state index contributed by atoms with van der Waals surface area (Å²) in [6.07, 6.45) is -0.550. The van der Waals surface area contributed by atoms with Gasteiger partial charge in [-0.1, -0.05) is 29.3 Å². The summed E-state index contributed by atoms with van der Waals surface area (Å²) in [6, 6.07) is 6.16. The molecule has 0 bridgehead atoms. The van der Waals surface area contributed by atoms with Crippen molar-refractivity contribution in [1.29, 1.82) is 0 Å². The van der Waals surface area contributed by atoms with E-state index in [9.17, 15) is 5.11 Å². The standard InChI is InChI=1S/C13H15NOS/c1-8-4-9(2)6-11(5-8)12(15)13-10(3)14-7-16-13/h4-7,12,15H,1-3H3. The Balaban J connectivity index is 2.41. The summed E-state index contributed by atoms with van der Waals surface area (Å²) in [5, 5.41) is 10.3. The molecule has 0 spiro atoms. The third-order valence-electron chi connectivity index (χ3n) is 2.59. The second-order valence-corrected chi connectivity index (χ2v) is 5.01. The van der Waals surface area contributed by atoms with Crippen LogP contribution in [0.3, 0.4) is 0 Å². The summed E-state index contributed by atoms with van der Waals surface area (Å²) < 4.78 is 0. The molecule has 2 aromatic rings. The fourth-order valence-electron chi connectivity index (χ4n) is 1.89. The highest BCUT2D eigenvalue weighted by atomic mass is 32.1. The monoisotopic (exact) mass is 233 g/mol. The molecule has 0 aliphatic rings. The zero-order valence-electron chi connectivity index (χ0n) is 9.69. The number of aromatic nitrogens is 1. The number of hydrogen-bond donors (Lipinski definition) is 1. The number of aliphatic hydroxyl groups excluding tert-OH is 1. The van der Waals surface area contributed by atoms with Crippen molar-refractivity contribution in [2.24, 2.45) is 0 Å². The van der Waals surface area contributed by atoms with E-state index in [0.717, 1.165) is 16.1 Å². The summed E-state index contributed by atoms with van der Waals surface area (Å²) in [5.41, 5.74) is 5.99. The minimum Gasteiger partial charge on any atom is -0.383 e. The first-order valence-electron chi connectivity index (χ1n) is 5.24. The molecule has 1 N–H and O–H groups in total. The van der Waals surface area contributed by atoms with Gasteiger partial charge in [-0.25, -0.2) is 4.98 Å². The fourth-order valence-corrected chi connectivity index (χ4v) is 2.71. The molecule has 0 amide bonds. The lowest BCUT2D eigenvalue weighted by atomic mass is 10.0. The molecule has 16 heavy (non-hydrogen) atoms. The number of aliphatic hydroxyl groups is 1. The second-order valence-electron chi connectivity index (χ2n) is 4.13. The van der Waals surface area contributed by atoms with Gasteiger partial charge in [0.2, 0.25) is 0 Å². The quantitative estimate of drug-likeness (QED) is 0.864. The van der Waals surface area contributed by atoms with Crippen molar-refractivity contribution in [1.82, 2.24) is 4.98 Å². The van der Waals surface area contributed by atoms with Crippen LogP contribution in [-0.2, 0) is 0 Å². The number of aryl methyl sites for hydroxylation is 3. The van der Waals surface area contributed by atoms with E-state index in [4.69, 9.17) is 0 Å². The van der Waals surface area contributed by atoms with Crippen LogP contribution in [0.1, 0.15) is 33.4 Å². The van der Waals surface area contributed by atoms with E-state index in [-0.39, 0.29) is 0 Å². The molecule has 1 aromatic heterocycles. The molecular formula is C13H15NOS. The predicted octanol–water partition coefficient (Wildman–Crippen LogP) is 3.15. The topological polar surface area (TPSA) is 33.1 Å². The van der Waals surface area contributed by atoms with Crippen LogP contribution in [0.25, 0.3) is 0 Å². The Hall–Kier alpha value is -1.19. The summed E-state index contributed by atoms with van der Waals surface area (Å²) in [6.45, 7) is 6.02. The number of benzene rings is 1. The molecular weight excluding hydrogens is 218 g/mol. The molecule has 2 rings (SSSR count). The minimum atomic E-state index is -0.550. The van der Waals surface area contributed by atoms with Crippen LogP contribution in [0.2, 0.25) is 0 Å². The van der Waals surface area contributed by atoms with Crippen molar-refractivity contribution in [2.45, 2.75) is 26.9 Å². The van der Waals surface area contributed by atoms with Gasteiger partial charge in [-0.05, 0) is 26.3 Å². The highest BCUT2D eigenvalue weighted by molar-refractivity contribution is 7.09. The van der Waals surface area contributed by atoms with Gasteiger partial charge < -0.3 is 5.11 Å². The van der Waals surface area contributed by atoms with Crippen LogP contribution >= 0.6 is 11.3 Å². The number of nitrogens with zero attached hydrogens (tertiary/aromatic N) is 1. The van der Waals surface area contributed by atoms with Crippen LogP contribution in [0, 0.1) is 20.8 Å². The van der Waals surface area contributed by atoms with Crippen LogP contribution in [0.5, 0.6) is 0 Å². The molecule has 0 aliphatic heterocycles. The van der Waals surface area contributed by atoms with Crippen molar-refractivity contribution < 1.29 is 5.11 Å². The highest BCUT2D eigenvalue weighted by Gasteiger charge is 2.15. The summed E-state index contributed by atoms with van der Waals surface area (Å²) in [4.78, 5) is 5.10. The first kappa shape index (κ1) is 11.3. The Kier molecular flexibility index (Phi) is 3.08. The molecule has 0 saturated heterocycles. The SMILES string of the molecule is Cc1cc(C)cc(C(O)c2scnc2C)c1. The van der Waals surface area contributed by atoms with E-state index in [1.54, 1.807) is 5.51 Å². The van der Waals surface area contributed by atoms with Crippen molar-refractivity contribution >= 4 is 11.3 Å². The van der Waals surface area contributed by atoms with Crippen LogP contribution in [0.15, 0.2) is 23.7 Å². The van der Waals surface area contributed by atoms with E-state index in [1.807, 2.05) is 32.9 Å². The minimum absolute atomic E-state index is 0.550. The maximum absolute atomic E-state index is 10.3. The van der Waals surface area contributed by atoms with Crippen molar-refractivity contribution in [3.05, 3.63) is 51.0 Å². The zero-order chi connectivity index (χ0) is 11.7. The predicted molar refractivity (Wildman–Crippen MR) is 66.8 cm³/mol. The molecule has 3 heteroatoms. The maximum Gasteiger partial charge on any atom is 0.115 e. The van der Waals surface area contributed by atoms with Gasteiger partial charge in [-0.2, -0.15) is 0 Å². The summed E-state index contributed by atoms with van der Waals surface area (Å²) >= 11 is 1.50. The molecule has 0 saturated carbocycles. The number of thiazole rings is 1. The third kappa shape index (κ3) is 2.15. The summed E-state index contributed by atoms with van der Waals surface area (Å²) in [7, 11) is 0. The van der Waals surface area contributed by atoms with E-state index in [2.05, 4.69) is 11.1 Å². The van der Waals surface area contributed by atoms with Gasteiger partial charge in [0.25, 0.3) is 0 Å². The smallest absolute Gasteiger partial charge is 0.115 e. The Morgan fingerprint density at radius 1 is 1.12 bits per heavy atom. The van der Waals surface area contributed by atoms with E-state index >= 15 is 0 Å². The van der Waals surface area contributed by atoms with Crippen LogP contribution in [-0.4, -0.2) is 10.1 Å². The largest absolute Gasteiger partial charge is 0.383 e. The number of rotatable bonds is 2. The normalized spacial score (nSPS) is 12.8. The first-order chi connectivity index (χ1) is 7.58. The first-order valence-corrected chi connectivity index (χ1v) is 6.12. The molecule has 0 radical (unpaired) electrons. The molecule has 2 nitrogen and oxygen atoms in total. The van der Waals surface area contributed by atoms with Gasteiger partial charge in [0.05, 0.1) is 16.1 Å². The average molecular weight is 233 g/mol. The Morgan fingerprint density at radius 2 is 1.75 bits per heavy atom. The molecule has 0 aliphatic carbocycles. The van der Waals surface area contributed by atoms with E-state index in [1.165, 1.54) is 22.5 Å². The lowest BCUT2D eigenvalue weighted by Gasteiger charge is -2.11. The van der Waals surface area contributed by atoms with Crippen molar-refractivity contribution in [3.8, 4) is 0 Å². The van der Waals surface area contributed by atoms with Crippen molar-refractivity contribution in [2.75, 3.05) is 0 Å². The molecule has 1 unspecified atom stereocenters. The Bertz CT molecular complexity index is 484. The molecule has 1 atom stereocenters. The summed E-state index contributed by atoms with van der Waals surface area (Å²) in [5.74, 6) is 0. The lowest BCUT2D eigenvalue weighted by Crippen LogP contribution is -2.00. The van der Waals surface area contributed by atoms with Gasteiger partial charge in [0.1, 0.15) is 6.10 Å². The third-order valence-corrected chi connectivity index (χ3v) is 3.57. The van der Waals surface area contributed by atoms with Gasteiger partial charge in [-0.15, -0.1) is 11.3 Å². The Labute approximate surface area is 99.6 Å². The molecule has 1 heterocycles. The zero-order valence-corrected chi connectivity index (χ0v) is 10.5. The Morgan fingerprint density at radius 3 is 2.25 bits per heavy atom. The van der Waals surface area contributed by atoms with Crippen molar-refractivity contribution in [3.63, 3.8) is 0 Å². The lowest BCUT2D eigenvalue weighted by molar-refractivity contribution is 0.223. The molecule has 1 aromatic carbocycles. The number of hydrogen-bond acceptors (Lipinski definition) is 3. The van der Waals surface area contributed by atoms with Gasteiger partial charge in [-0.3, -0.25) is 0 Å².